The summed E-state index contributed by atoms with van der Waals surface area (Å²) in [6.45, 7) is 2.01. The number of hydrogen-bond acceptors (Lipinski definition) is 9. The van der Waals surface area contributed by atoms with E-state index in [-0.39, 0.29) is 17.3 Å². The highest BCUT2D eigenvalue weighted by molar-refractivity contribution is 5.95. The number of amides is 1. The number of hydrogen-bond donors (Lipinski definition) is 2. The first-order valence-electron chi connectivity index (χ1n) is 10.6. The minimum atomic E-state index is -0.555. The largest absolute Gasteiger partial charge is 0.488 e. The predicted octanol–water partition coefficient (Wildman–Crippen LogP) is 3.04. The van der Waals surface area contributed by atoms with Crippen molar-refractivity contribution in [1.82, 2.24) is 30.7 Å². The van der Waals surface area contributed by atoms with Gasteiger partial charge in [0.05, 0.1) is 11.9 Å². The summed E-state index contributed by atoms with van der Waals surface area (Å²) in [5, 5.41) is 21.3. The maximum Gasteiger partial charge on any atom is 0.292 e. The number of carbonyl (C=O) groups is 1. The van der Waals surface area contributed by atoms with Crippen molar-refractivity contribution in [2.24, 2.45) is 5.10 Å². The first kappa shape index (κ1) is 21.8. The number of anilines is 1. The van der Waals surface area contributed by atoms with Gasteiger partial charge in [0.25, 0.3) is 5.91 Å². The van der Waals surface area contributed by atoms with E-state index in [2.05, 4.69) is 54.0 Å². The van der Waals surface area contributed by atoms with Crippen LogP contribution in [0.15, 0.2) is 76.5 Å². The molecule has 35 heavy (non-hydrogen) atoms. The van der Waals surface area contributed by atoms with Crippen molar-refractivity contribution in [3.63, 3.8) is 0 Å². The molecule has 0 spiro atoms. The number of para-hydroxylation sites is 1. The Morgan fingerprint density at radius 1 is 1.11 bits per heavy atom. The number of hydrazone groups is 1. The molecule has 0 aliphatic carbocycles. The molecule has 174 valence electrons. The van der Waals surface area contributed by atoms with Gasteiger partial charge in [-0.15, -0.1) is 5.10 Å². The Morgan fingerprint density at radius 2 is 1.91 bits per heavy atom. The quantitative estimate of drug-likeness (QED) is 0.274. The van der Waals surface area contributed by atoms with Gasteiger partial charge in [0.1, 0.15) is 12.4 Å². The Hall–Kier alpha value is -5.06. The van der Waals surface area contributed by atoms with Crippen molar-refractivity contribution in [1.29, 1.82) is 0 Å². The monoisotopic (exact) mass is 468 g/mol. The summed E-state index contributed by atoms with van der Waals surface area (Å²) in [5.74, 6) is 0.111. The lowest BCUT2D eigenvalue weighted by molar-refractivity contribution is 0.0946. The number of fused-ring (bicyclic) bond motifs is 1. The van der Waals surface area contributed by atoms with Crippen LogP contribution in [-0.2, 0) is 6.61 Å². The van der Waals surface area contributed by atoms with E-state index >= 15 is 0 Å². The molecule has 5 rings (SSSR count). The fourth-order valence-electron chi connectivity index (χ4n) is 3.61. The van der Waals surface area contributed by atoms with E-state index in [1.165, 1.54) is 6.21 Å². The molecule has 0 aliphatic heterocycles. The summed E-state index contributed by atoms with van der Waals surface area (Å²) >= 11 is 0. The van der Waals surface area contributed by atoms with Crippen LogP contribution < -0.4 is 15.9 Å². The van der Waals surface area contributed by atoms with Gasteiger partial charge in [0.2, 0.25) is 11.6 Å². The summed E-state index contributed by atoms with van der Waals surface area (Å²) in [5.41, 5.74) is 10.4. The second-order valence-electron chi connectivity index (χ2n) is 7.57. The standard InChI is InChI=1S/C24H20N8O3/c1-15-21(32(31-27-15)23-22(25)29-35-30-23)24(33)28-26-13-17-8-3-5-12-20(17)34-14-18-10-6-9-16-7-2-4-11-19(16)18/h2-13H,14H2,1H3,(H2,25,29)(H,28,33)/b26-13-. The van der Waals surface area contributed by atoms with Gasteiger partial charge in [-0.05, 0) is 45.7 Å². The normalized spacial score (nSPS) is 11.2. The number of aromatic nitrogens is 5. The van der Waals surface area contributed by atoms with E-state index in [0.29, 0.717) is 23.6 Å². The summed E-state index contributed by atoms with van der Waals surface area (Å²) < 4.78 is 11.8. The second-order valence-corrected chi connectivity index (χ2v) is 7.57. The van der Waals surface area contributed by atoms with Crippen LogP contribution in [0.3, 0.4) is 0 Å². The zero-order valence-corrected chi connectivity index (χ0v) is 18.6. The average molecular weight is 468 g/mol. The zero-order chi connectivity index (χ0) is 24.2. The Labute approximate surface area is 199 Å². The highest BCUT2D eigenvalue weighted by Gasteiger charge is 2.22. The highest BCUT2D eigenvalue weighted by Crippen LogP contribution is 2.22. The fourth-order valence-corrected chi connectivity index (χ4v) is 3.61. The molecule has 2 heterocycles. The number of carbonyl (C=O) groups excluding carboxylic acids is 1. The molecule has 5 aromatic rings. The van der Waals surface area contributed by atoms with Crippen LogP contribution in [0.25, 0.3) is 16.6 Å². The molecule has 2 aromatic heterocycles. The molecule has 0 fully saturated rings. The van der Waals surface area contributed by atoms with Crippen molar-refractivity contribution in [2.45, 2.75) is 13.5 Å². The van der Waals surface area contributed by atoms with Crippen LogP contribution in [0.2, 0.25) is 0 Å². The third-order valence-electron chi connectivity index (χ3n) is 5.30. The Kier molecular flexibility index (Phi) is 5.87. The molecular formula is C24H20N8O3. The molecule has 0 aliphatic rings. The van der Waals surface area contributed by atoms with Gasteiger partial charge in [-0.1, -0.05) is 59.8 Å². The maximum absolute atomic E-state index is 12.8. The number of nitrogens with two attached hydrogens (primary N) is 1. The second kappa shape index (κ2) is 9.43. The number of benzene rings is 3. The van der Waals surface area contributed by atoms with E-state index in [9.17, 15) is 4.79 Å². The van der Waals surface area contributed by atoms with E-state index < -0.39 is 5.91 Å². The van der Waals surface area contributed by atoms with E-state index in [4.69, 9.17) is 10.5 Å². The molecule has 0 radical (unpaired) electrons. The van der Waals surface area contributed by atoms with E-state index in [0.717, 1.165) is 21.0 Å². The molecule has 11 heteroatoms. The van der Waals surface area contributed by atoms with Gasteiger partial charge in [0.15, 0.2) is 5.69 Å². The lowest BCUT2D eigenvalue weighted by Gasteiger charge is -2.11. The molecule has 0 saturated carbocycles. The van der Waals surface area contributed by atoms with Crippen LogP contribution in [0.5, 0.6) is 5.75 Å². The van der Waals surface area contributed by atoms with Gasteiger partial charge < -0.3 is 10.5 Å². The molecular weight excluding hydrogens is 448 g/mol. The smallest absolute Gasteiger partial charge is 0.292 e. The Bertz CT molecular complexity index is 1530. The number of ether oxygens (including phenoxy) is 1. The molecule has 3 N–H and O–H groups in total. The first-order chi connectivity index (χ1) is 17.1. The Morgan fingerprint density at radius 3 is 2.77 bits per heavy atom. The number of aryl methyl sites for hydroxylation is 1. The highest BCUT2D eigenvalue weighted by atomic mass is 16.6. The van der Waals surface area contributed by atoms with Crippen molar-refractivity contribution < 1.29 is 14.2 Å². The molecule has 0 saturated heterocycles. The molecule has 0 bridgehead atoms. The van der Waals surface area contributed by atoms with Crippen molar-refractivity contribution >= 4 is 28.7 Å². The summed E-state index contributed by atoms with van der Waals surface area (Å²) in [7, 11) is 0. The summed E-state index contributed by atoms with van der Waals surface area (Å²) in [4.78, 5) is 12.8. The summed E-state index contributed by atoms with van der Waals surface area (Å²) in [6, 6.07) is 21.7. The van der Waals surface area contributed by atoms with Gasteiger partial charge in [-0.2, -0.15) is 9.78 Å². The van der Waals surface area contributed by atoms with E-state index in [1.54, 1.807) is 6.92 Å². The lowest BCUT2D eigenvalue weighted by atomic mass is 10.1. The first-order valence-corrected chi connectivity index (χ1v) is 10.6. The molecule has 1 amide bonds. The van der Waals surface area contributed by atoms with Crippen LogP contribution in [0, 0.1) is 6.92 Å². The number of nitrogen functional groups attached to an aromatic ring is 1. The molecule has 11 nitrogen and oxygen atoms in total. The van der Waals surface area contributed by atoms with Crippen LogP contribution in [0.4, 0.5) is 5.82 Å². The van der Waals surface area contributed by atoms with Gasteiger partial charge in [-0.3, -0.25) is 4.79 Å². The predicted molar refractivity (Wildman–Crippen MR) is 128 cm³/mol. The third kappa shape index (κ3) is 4.42. The molecule has 3 aromatic carbocycles. The van der Waals surface area contributed by atoms with Crippen molar-refractivity contribution in [2.75, 3.05) is 5.73 Å². The molecule has 0 unspecified atom stereocenters. The summed E-state index contributed by atoms with van der Waals surface area (Å²) in [6.07, 6.45) is 1.51. The van der Waals surface area contributed by atoms with Crippen LogP contribution >= 0.6 is 0 Å². The number of nitrogens with one attached hydrogen (secondary N) is 1. The van der Waals surface area contributed by atoms with Crippen LogP contribution in [0.1, 0.15) is 27.3 Å². The average Bonchev–Trinajstić information content (AvgIpc) is 3.48. The number of rotatable bonds is 7. The van der Waals surface area contributed by atoms with E-state index in [1.807, 2.05) is 48.5 Å². The minimum Gasteiger partial charge on any atom is -0.488 e. The van der Waals surface area contributed by atoms with Crippen LogP contribution in [-0.4, -0.2) is 37.4 Å². The zero-order valence-electron chi connectivity index (χ0n) is 18.6. The third-order valence-corrected chi connectivity index (χ3v) is 5.30. The SMILES string of the molecule is Cc1nnn(-c2nonc2N)c1C(=O)N/N=C\c1ccccc1OCc1cccc2ccccc12. The maximum atomic E-state index is 12.8. The minimum absolute atomic E-state index is 0.0234. The topological polar surface area (TPSA) is 146 Å². The van der Waals surface area contributed by atoms with Gasteiger partial charge >= 0.3 is 0 Å². The lowest BCUT2D eigenvalue weighted by Crippen LogP contribution is -2.22. The van der Waals surface area contributed by atoms with Crippen molar-refractivity contribution in [3.8, 4) is 11.6 Å². The van der Waals surface area contributed by atoms with Crippen molar-refractivity contribution in [3.05, 3.63) is 89.2 Å². The van der Waals surface area contributed by atoms with Gasteiger partial charge in [0, 0.05) is 5.56 Å². The number of nitrogens with zero attached hydrogens (tertiary/aromatic N) is 6. The fraction of sp³-hybridized carbons (Fsp3) is 0.0833. The molecule has 0 atom stereocenters. The van der Waals surface area contributed by atoms with Gasteiger partial charge in [-0.25, -0.2) is 10.1 Å². The Balaban J connectivity index is 1.31.